The molecule has 1 aromatic carbocycles. The van der Waals surface area contributed by atoms with Crippen molar-refractivity contribution in [3.8, 4) is 0 Å². The fourth-order valence-electron chi connectivity index (χ4n) is 3.19. The van der Waals surface area contributed by atoms with E-state index < -0.39 is 0 Å². The zero-order valence-electron chi connectivity index (χ0n) is 19.7. The maximum absolute atomic E-state index is 5.89. The molecule has 2 aromatic rings. The molecule has 0 unspecified atom stereocenters. The standard InChI is InChI=1S/C23H37N5O.HI/c1-17(2)21-20(15-28(8)26-21)14-27(7)22(24-6)25-13-18-10-9-11-19(12-18)16-29-23(3,4)5;/h9-12,15,17H,13-14,16H2,1-8H3,(H,24,25);1H. The van der Waals surface area contributed by atoms with Gasteiger partial charge >= 0.3 is 0 Å². The number of aryl methyl sites for hydroxylation is 1. The summed E-state index contributed by atoms with van der Waals surface area (Å²) in [6.45, 7) is 12.7. The normalized spacial score (nSPS) is 12.1. The second-order valence-electron chi connectivity index (χ2n) is 8.85. The Morgan fingerprint density at radius 3 is 2.53 bits per heavy atom. The van der Waals surface area contributed by atoms with Crippen LogP contribution >= 0.6 is 24.0 Å². The molecule has 0 aliphatic carbocycles. The molecule has 0 atom stereocenters. The van der Waals surface area contributed by atoms with Crippen molar-refractivity contribution in [1.82, 2.24) is 20.0 Å². The topological polar surface area (TPSA) is 54.7 Å². The van der Waals surface area contributed by atoms with E-state index in [1.54, 1.807) is 0 Å². The molecule has 0 radical (unpaired) electrons. The minimum absolute atomic E-state index is 0. The summed E-state index contributed by atoms with van der Waals surface area (Å²) >= 11 is 0. The fourth-order valence-corrected chi connectivity index (χ4v) is 3.19. The van der Waals surface area contributed by atoms with Gasteiger partial charge in [0, 0.05) is 46.0 Å². The molecule has 30 heavy (non-hydrogen) atoms. The highest BCUT2D eigenvalue weighted by Gasteiger charge is 2.15. The quantitative estimate of drug-likeness (QED) is 0.323. The Balaban J connectivity index is 0.00000450. The molecule has 0 spiro atoms. The van der Waals surface area contributed by atoms with E-state index in [-0.39, 0.29) is 29.6 Å². The molecule has 0 amide bonds. The zero-order chi connectivity index (χ0) is 21.6. The number of guanidine groups is 1. The van der Waals surface area contributed by atoms with Gasteiger partial charge in [0.15, 0.2) is 5.96 Å². The molecule has 0 aliphatic heterocycles. The number of hydrogen-bond acceptors (Lipinski definition) is 3. The number of rotatable bonds is 7. The van der Waals surface area contributed by atoms with E-state index in [4.69, 9.17) is 4.74 Å². The summed E-state index contributed by atoms with van der Waals surface area (Å²) in [5.74, 6) is 1.26. The van der Waals surface area contributed by atoms with Crippen LogP contribution in [0.5, 0.6) is 0 Å². The second kappa shape index (κ2) is 11.7. The third kappa shape index (κ3) is 8.26. The number of nitrogens with zero attached hydrogens (tertiary/aromatic N) is 4. The summed E-state index contributed by atoms with van der Waals surface area (Å²) in [6.07, 6.45) is 2.10. The number of nitrogens with one attached hydrogen (secondary N) is 1. The van der Waals surface area contributed by atoms with Crippen molar-refractivity contribution >= 4 is 29.9 Å². The van der Waals surface area contributed by atoms with Crippen molar-refractivity contribution in [2.45, 2.75) is 65.8 Å². The van der Waals surface area contributed by atoms with Gasteiger partial charge in [-0.2, -0.15) is 5.10 Å². The summed E-state index contributed by atoms with van der Waals surface area (Å²) in [5, 5.41) is 8.07. The van der Waals surface area contributed by atoms with Crippen LogP contribution in [0.2, 0.25) is 0 Å². The highest BCUT2D eigenvalue weighted by Crippen LogP contribution is 2.18. The molecule has 7 heteroatoms. The Hall–Kier alpha value is -1.61. The first-order chi connectivity index (χ1) is 13.6. The van der Waals surface area contributed by atoms with E-state index in [1.165, 1.54) is 16.7 Å². The van der Waals surface area contributed by atoms with E-state index in [2.05, 4.69) is 92.4 Å². The Morgan fingerprint density at radius 2 is 1.93 bits per heavy atom. The molecule has 6 nitrogen and oxygen atoms in total. The average Bonchev–Trinajstić information content (AvgIpc) is 3.01. The Labute approximate surface area is 199 Å². The van der Waals surface area contributed by atoms with Gasteiger partial charge in [-0.15, -0.1) is 24.0 Å². The number of benzene rings is 1. The highest BCUT2D eigenvalue weighted by atomic mass is 127. The molecular formula is C23H38IN5O. The van der Waals surface area contributed by atoms with Crippen LogP contribution in [-0.2, 0) is 31.5 Å². The number of hydrogen-bond donors (Lipinski definition) is 1. The third-order valence-electron chi connectivity index (χ3n) is 4.58. The van der Waals surface area contributed by atoms with Gasteiger partial charge in [-0.25, -0.2) is 0 Å². The predicted octanol–water partition coefficient (Wildman–Crippen LogP) is 4.68. The van der Waals surface area contributed by atoms with E-state index in [1.807, 2.05) is 18.8 Å². The van der Waals surface area contributed by atoms with Crippen LogP contribution in [0.1, 0.15) is 62.9 Å². The van der Waals surface area contributed by atoms with Crippen molar-refractivity contribution in [2.75, 3.05) is 14.1 Å². The first-order valence-electron chi connectivity index (χ1n) is 10.2. The van der Waals surface area contributed by atoms with Crippen LogP contribution in [-0.4, -0.2) is 40.3 Å². The maximum Gasteiger partial charge on any atom is 0.193 e. The molecule has 1 aromatic heterocycles. The lowest BCUT2D eigenvalue weighted by atomic mass is 10.1. The zero-order valence-corrected chi connectivity index (χ0v) is 22.0. The SMILES string of the molecule is CN=C(NCc1cccc(COC(C)(C)C)c1)N(C)Cc1cn(C)nc1C(C)C.I. The van der Waals surface area contributed by atoms with E-state index in [0.717, 1.165) is 18.2 Å². The summed E-state index contributed by atoms with van der Waals surface area (Å²) in [7, 11) is 5.85. The van der Waals surface area contributed by atoms with Crippen LogP contribution in [0, 0.1) is 0 Å². The molecule has 1 N–H and O–H groups in total. The maximum atomic E-state index is 5.89. The summed E-state index contributed by atoms with van der Waals surface area (Å²) in [4.78, 5) is 6.59. The molecular weight excluding hydrogens is 489 g/mol. The Kier molecular flexibility index (Phi) is 10.3. The summed E-state index contributed by atoms with van der Waals surface area (Å²) < 4.78 is 7.78. The molecule has 2 rings (SSSR count). The number of aliphatic imine (C=N–C) groups is 1. The van der Waals surface area contributed by atoms with Crippen molar-refractivity contribution in [1.29, 1.82) is 0 Å². The first kappa shape index (κ1) is 26.4. The van der Waals surface area contributed by atoms with Gasteiger partial charge in [0.25, 0.3) is 0 Å². The van der Waals surface area contributed by atoms with E-state index in [0.29, 0.717) is 19.1 Å². The lowest BCUT2D eigenvalue weighted by molar-refractivity contribution is -0.0149. The van der Waals surface area contributed by atoms with Gasteiger partial charge in [-0.3, -0.25) is 9.67 Å². The molecule has 0 aliphatic rings. The lowest BCUT2D eigenvalue weighted by Gasteiger charge is -2.23. The summed E-state index contributed by atoms with van der Waals surface area (Å²) in [6, 6.07) is 8.49. The number of aromatic nitrogens is 2. The highest BCUT2D eigenvalue weighted by molar-refractivity contribution is 14.0. The molecule has 1 heterocycles. The van der Waals surface area contributed by atoms with Crippen LogP contribution in [0.3, 0.4) is 0 Å². The van der Waals surface area contributed by atoms with Crippen LogP contribution in [0.15, 0.2) is 35.5 Å². The minimum atomic E-state index is -0.139. The van der Waals surface area contributed by atoms with Gasteiger partial charge in [0.2, 0.25) is 0 Å². The molecule has 0 fully saturated rings. The molecule has 0 saturated heterocycles. The average molecular weight is 527 g/mol. The van der Waals surface area contributed by atoms with E-state index in [9.17, 15) is 0 Å². The number of halogens is 1. The van der Waals surface area contributed by atoms with Gasteiger partial charge in [-0.05, 0) is 37.8 Å². The van der Waals surface area contributed by atoms with Crippen LogP contribution < -0.4 is 5.32 Å². The Morgan fingerprint density at radius 1 is 1.27 bits per heavy atom. The van der Waals surface area contributed by atoms with Crippen molar-refractivity contribution in [2.24, 2.45) is 12.0 Å². The smallest absolute Gasteiger partial charge is 0.193 e. The number of ether oxygens (including phenoxy) is 1. The van der Waals surface area contributed by atoms with E-state index >= 15 is 0 Å². The lowest BCUT2D eigenvalue weighted by Crippen LogP contribution is -2.38. The minimum Gasteiger partial charge on any atom is -0.371 e. The second-order valence-corrected chi connectivity index (χ2v) is 8.85. The van der Waals surface area contributed by atoms with Gasteiger partial charge in [-0.1, -0.05) is 38.1 Å². The monoisotopic (exact) mass is 527 g/mol. The third-order valence-corrected chi connectivity index (χ3v) is 4.58. The van der Waals surface area contributed by atoms with Crippen molar-refractivity contribution in [3.63, 3.8) is 0 Å². The van der Waals surface area contributed by atoms with Crippen molar-refractivity contribution < 1.29 is 4.74 Å². The molecule has 0 saturated carbocycles. The van der Waals surface area contributed by atoms with Crippen molar-refractivity contribution in [3.05, 3.63) is 52.8 Å². The molecule has 168 valence electrons. The first-order valence-corrected chi connectivity index (χ1v) is 10.2. The summed E-state index contributed by atoms with van der Waals surface area (Å²) in [5.41, 5.74) is 4.62. The Bertz CT molecular complexity index is 823. The largest absolute Gasteiger partial charge is 0.371 e. The van der Waals surface area contributed by atoms with Gasteiger partial charge in [0.05, 0.1) is 17.9 Å². The van der Waals surface area contributed by atoms with Gasteiger partial charge in [0.1, 0.15) is 0 Å². The fraction of sp³-hybridized carbons (Fsp3) is 0.565. The molecule has 0 bridgehead atoms. The van der Waals surface area contributed by atoms with Crippen LogP contribution in [0.4, 0.5) is 0 Å². The predicted molar refractivity (Wildman–Crippen MR) is 135 cm³/mol. The van der Waals surface area contributed by atoms with Crippen LogP contribution in [0.25, 0.3) is 0 Å². The van der Waals surface area contributed by atoms with Gasteiger partial charge < -0.3 is 15.0 Å².